The minimum absolute atomic E-state index is 0.0215. The van der Waals surface area contributed by atoms with E-state index in [0.29, 0.717) is 0 Å². The van der Waals surface area contributed by atoms with Crippen molar-refractivity contribution >= 4 is 5.97 Å². The van der Waals surface area contributed by atoms with Crippen molar-refractivity contribution in [2.45, 2.75) is 43.8 Å². The van der Waals surface area contributed by atoms with Crippen LogP contribution in [0.1, 0.15) is 32.1 Å². The molecule has 0 saturated heterocycles. The van der Waals surface area contributed by atoms with Crippen LogP contribution in [0.4, 0.5) is 0 Å². The average Bonchev–Trinajstić information content (AvgIpc) is 2.22. The number of rotatable bonds is 4. The van der Waals surface area contributed by atoms with Crippen LogP contribution in [0.5, 0.6) is 0 Å². The van der Waals surface area contributed by atoms with E-state index >= 15 is 0 Å². The molecule has 1 N–H and O–H groups in total. The summed E-state index contributed by atoms with van der Waals surface area (Å²) in [6.45, 7) is 0. The second kappa shape index (κ2) is 6.01. The Morgan fingerprint density at radius 3 is 2.81 bits per heavy atom. The Morgan fingerprint density at radius 2 is 2.25 bits per heavy atom. The molecule has 0 saturated carbocycles. The topological polar surface area (TPSA) is 55.8 Å². The second-order valence-electron chi connectivity index (χ2n) is 4.17. The lowest BCUT2D eigenvalue weighted by atomic mass is 9.84. The van der Waals surface area contributed by atoms with Gasteiger partial charge in [-0.1, -0.05) is 18.6 Å². The first-order valence-corrected chi connectivity index (χ1v) is 5.61. The summed E-state index contributed by atoms with van der Waals surface area (Å²) in [5.41, 5.74) is -0.725. The predicted octanol–water partition coefficient (Wildman–Crippen LogP) is 1.99. The molecule has 0 radical (unpaired) electrons. The molecule has 0 bridgehead atoms. The fourth-order valence-corrected chi connectivity index (χ4v) is 2.25. The lowest BCUT2D eigenvalue weighted by molar-refractivity contribution is -0.154. The number of carboxylic acids is 1. The zero-order valence-electron chi connectivity index (χ0n) is 9.94. The molecular formula is C12H20O4. The number of aliphatic carboxylic acids is 1. The molecule has 0 amide bonds. The van der Waals surface area contributed by atoms with E-state index in [1.54, 1.807) is 14.2 Å². The van der Waals surface area contributed by atoms with Gasteiger partial charge in [-0.25, -0.2) is 0 Å². The third-order valence-corrected chi connectivity index (χ3v) is 3.16. The quantitative estimate of drug-likeness (QED) is 0.748. The van der Waals surface area contributed by atoms with Gasteiger partial charge in [0.25, 0.3) is 0 Å². The first-order chi connectivity index (χ1) is 7.64. The SMILES string of the molecule is COC1/C=C\CCCCC1(CC(=O)O)OC. The normalized spacial score (nSPS) is 32.8. The maximum absolute atomic E-state index is 10.9. The van der Waals surface area contributed by atoms with Gasteiger partial charge in [-0.05, 0) is 19.3 Å². The predicted molar refractivity (Wildman–Crippen MR) is 60.4 cm³/mol. The molecule has 0 heterocycles. The summed E-state index contributed by atoms with van der Waals surface area (Å²) in [5.74, 6) is -0.849. The Morgan fingerprint density at radius 1 is 1.50 bits per heavy atom. The molecule has 2 atom stereocenters. The zero-order chi connectivity index (χ0) is 12.0. The van der Waals surface area contributed by atoms with E-state index in [9.17, 15) is 4.79 Å². The highest BCUT2D eigenvalue weighted by Crippen LogP contribution is 2.31. The van der Waals surface area contributed by atoms with Crippen LogP contribution in [0.3, 0.4) is 0 Å². The molecule has 0 aromatic heterocycles. The van der Waals surface area contributed by atoms with Gasteiger partial charge in [0.15, 0.2) is 0 Å². The average molecular weight is 228 g/mol. The van der Waals surface area contributed by atoms with Gasteiger partial charge in [0, 0.05) is 14.2 Å². The maximum atomic E-state index is 10.9. The molecule has 92 valence electrons. The molecule has 2 unspecified atom stereocenters. The largest absolute Gasteiger partial charge is 0.481 e. The highest BCUT2D eigenvalue weighted by molar-refractivity contribution is 5.68. The lowest BCUT2D eigenvalue weighted by Crippen LogP contribution is -2.46. The Balaban J connectivity index is 2.92. The third kappa shape index (κ3) is 3.06. The molecular weight excluding hydrogens is 208 g/mol. The van der Waals surface area contributed by atoms with Gasteiger partial charge < -0.3 is 14.6 Å². The van der Waals surface area contributed by atoms with E-state index < -0.39 is 11.6 Å². The fourth-order valence-electron chi connectivity index (χ4n) is 2.25. The lowest BCUT2D eigenvalue weighted by Gasteiger charge is -2.37. The highest BCUT2D eigenvalue weighted by atomic mass is 16.5. The van der Waals surface area contributed by atoms with Crippen LogP contribution in [0.15, 0.2) is 12.2 Å². The van der Waals surface area contributed by atoms with Gasteiger partial charge in [-0.2, -0.15) is 0 Å². The minimum atomic E-state index is -0.849. The van der Waals surface area contributed by atoms with E-state index in [1.165, 1.54) is 0 Å². The van der Waals surface area contributed by atoms with Crippen LogP contribution in [-0.2, 0) is 14.3 Å². The van der Waals surface area contributed by atoms with Crippen molar-refractivity contribution in [3.05, 3.63) is 12.2 Å². The molecule has 1 aliphatic carbocycles. The molecule has 4 heteroatoms. The van der Waals surface area contributed by atoms with Crippen LogP contribution >= 0.6 is 0 Å². The molecule has 0 aromatic carbocycles. The van der Waals surface area contributed by atoms with Gasteiger partial charge >= 0.3 is 5.97 Å². The van der Waals surface area contributed by atoms with E-state index in [2.05, 4.69) is 0 Å². The van der Waals surface area contributed by atoms with E-state index in [4.69, 9.17) is 14.6 Å². The van der Waals surface area contributed by atoms with Gasteiger partial charge in [0.1, 0.15) is 11.7 Å². The molecule has 1 rings (SSSR count). The zero-order valence-corrected chi connectivity index (χ0v) is 9.94. The number of allylic oxidation sites excluding steroid dienone is 1. The van der Waals surface area contributed by atoms with E-state index in [1.807, 2.05) is 12.2 Å². The second-order valence-corrected chi connectivity index (χ2v) is 4.17. The Bertz CT molecular complexity index is 262. The van der Waals surface area contributed by atoms with Crippen LogP contribution in [0.25, 0.3) is 0 Å². The molecule has 0 fully saturated rings. The number of carbonyl (C=O) groups is 1. The van der Waals surface area contributed by atoms with Crippen molar-refractivity contribution in [3.8, 4) is 0 Å². The Labute approximate surface area is 96.2 Å². The van der Waals surface area contributed by atoms with Crippen molar-refractivity contribution < 1.29 is 19.4 Å². The van der Waals surface area contributed by atoms with Crippen molar-refractivity contribution in [1.29, 1.82) is 0 Å². The van der Waals surface area contributed by atoms with Gasteiger partial charge in [-0.15, -0.1) is 0 Å². The van der Waals surface area contributed by atoms with Gasteiger partial charge in [0.05, 0.1) is 6.42 Å². The number of ether oxygens (including phenoxy) is 2. The molecule has 0 aromatic rings. The van der Waals surface area contributed by atoms with E-state index in [0.717, 1.165) is 25.7 Å². The van der Waals surface area contributed by atoms with E-state index in [-0.39, 0.29) is 12.5 Å². The van der Waals surface area contributed by atoms with Gasteiger partial charge in [-0.3, -0.25) is 4.79 Å². The highest BCUT2D eigenvalue weighted by Gasteiger charge is 2.40. The van der Waals surface area contributed by atoms with Crippen molar-refractivity contribution in [3.63, 3.8) is 0 Å². The van der Waals surface area contributed by atoms with Crippen molar-refractivity contribution in [1.82, 2.24) is 0 Å². The summed E-state index contributed by atoms with van der Waals surface area (Å²) >= 11 is 0. The van der Waals surface area contributed by atoms with Crippen molar-refractivity contribution in [2.24, 2.45) is 0 Å². The summed E-state index contributed by atoms with van der Waals surface area (Å²) in [6.07, 6.45) is 7.43. The monoisotopic (exact) mass is 228 g/mol. The number of carboxylic acid groups (broad SMARTS) is 1. The summed E-state index contributed by atoms with van der Waals surface area (Å²) in [5, 5.41) is 8.98. The van der Waals surface area contributed by atoms with Crippen LogP contribution in [-0.4, -0.2) is 37.0 Å². The third-order valence-electron chi connectivity index (χ3n) is 3.16. The van der Waals surface area contributed by atoms with Crippen LogP contribution < -0.4 is 0 Å². The smallest absolute Gasteiger partial charge is 0.306 e. The fraction of sp³-hybridized carbons (Fsp3) is 0.750. The number of hydrogen-bond acceptors (Lipinski definition) is 3. The standard InChI is InChI=1S/C12H20O4/c1-15-10-7-5-3-4-6-8-12(10,16-2)9-11(13)14/h5,7,10H,3-4,6,8-9H2,1-2H3,(H,13,14)/b7-5-. The Hall–Kier alpha value is -0.870. The number of methoxy groups -OCH3 is 2. The minimum Gasteiger partial charge on any atom is -0.481 e. The summed E-state index contributed by atoms with van der Waals surface area (Å²) in [7, 11) is 3.15. The first-order valence-electron chi connectivity index (χ1n) is 5.61. The maximum Gasteiger partial charge on any atom is 0.306 e. The first kappa shape index (κ1) is 13.2. The summed E-state index contributed by atoms with van der Waals surface area (Å²) < 4.78 is 10.8. The summed E-state index contributed by atoms with van der Waals surface area (Å²) in [4.78, 5) is 10.9. The summed E-state index contributed by atoms with van der Waals surface area (Å²) in [6, 6.07) is 0. The molecule has 0 spiro atoms. The number of hydrogen-bond donors (Lipinski definition) is 1. The van der Waals surface area contributed by atoms with Crippen molar-refractivity contribution in [2.75, 3.05) is 14.2 Å². The molecule has 16 heavy (non-hydrogen) atoms. The van der Waals surface area contributed by atoms with Crippen LogP contribution in [0, 0.1) is 0 Å². The molecule has 4 nitrogen and oxygen atoms in total. The van der Waals surface area contributed by atoms with Crippen LogP contribution in [0.2, 0.25) is 0 Å². The molecule has 0 aliphatic heterocycles. The Kier molecular flexibility index (Phi) is 4.96. The van der Waals surface area contributed by atoms with Gasteiger partial charge in [0.2, 0.25) is 0 Å². The molecule has 1 aliphatic rings.